The molecule has 1 amide bonds. The molecule has 31 heavy (non-hydrogen) atoms. The first kappa shape index (κ1) is 23.0. The van der Waals surface area contributed by atoms with Gasteiger partial charge in [-0.1, -0.05) is 18.2 Å². The van der Waals surface area contributed by atoms with Gasteiger partial charge in [0.1, 0.15) is 22.2 Å². The molecule has 0 aromatic heterocycles. The monoisotopic (exact) mass is 450 g/mol. The van der Waals surface area contributed by atoms with Crippen molar-refractivity contribution < 1.29 is 27.1 Å². The molecule has 0 unspecified atom stereocenters. The fraction of sp³-hybridized carbons (Fsp3) is 0.409. The number of carbonyl (C=O) groups is 1. The minimum absolute atomic E-state index is 0.0378. The first-order valence-electron chi connectivity index (χ1n) is 9.98. The second-order valence-corrected chi connectivity index (χ2v) is 9.39. The Hall–Kier alpha value is -2.65. The summed E-state index contributed by atoms with van der Waals surface area (Å²) in [5, 5.41) is 0. The predicted molar refractivity (Wildman–Crippen MR) is 114 cm³/mol. The number of piperidine rings is 1. The quantitative estimate of drug-likeness (QED) is 0.648. The zero-order chi connectivity index (χ0) is 22.6. The number of methoxy groups -OCH3 is 2. The van der Waals surface area contributed by atoms with Crippen LogP contribution in [-0.2, 0) is 21.4 Å². The minimum atomic E-state index is -3.81. The number of nitrogens with zero attached hydrogens (tertiary/aromatic N) is 2. The van der Waals surface area contributed by atoms with Crippen molar-refractivity contribution in [3.63, 3.8) is 0 Å². The van der Waals surface area contributed by atoms with Crippen molar-refractivity contribution >= 4 is 15.9 Å². The van der Waals surface area contributed by atoms with E-state index in [-0.39, 0.29) is 47.9 Å². The van der Waals surface area contributed by atoms with Gasteiger partial charge in [0, 0.05) is 44.2 Å². The summed E-state index contributed by atoms with van der Waals surface area (Å²) in [6.07, 6.45) is 0.790. The molecule has 1 saturated heterocycles. The second kappa shape index (κ2) is 9.65. The number of benzene rings is 2. The number of hydrogen-bond donors (Lipinski definition) is 0. The molecule has 0 atom stereocenters. The molecule has 1 fully saturated rings. The summed E-state index contributed by atoms with van der Waals surface area (Å²) in [6, 6.07) is 11.0. The van der Waals surface area contributed by atoms with Gasteiger partial charge in [-0.25, -0.2) is 12.8 Å². The summed E-state index contributed by atoms with van der Waals surface area (Å²) in [7, 11) is 0.710. The van der Waals surface area contributed by atoms with Gasteiger partial charge in [0.05, 0.1) is 14.2 Å². The van der Waals surface area contributed by atoms with Crippen molar-refractivity contribution in [1.29, 1.82) is 0 Å². The van der Waals surface area contributed by atoms with Crippen LogP contribution in [0.3, 0.4) is 0 Å². The van der Waals surface area contributed by atoms with Crippen LogP contribution in [0.2, 0.25) is 0 Å². The molecule has 2 aromatic carbocycles. The smallest absolute Gasteiger partial charge is 0.246 e. The Morgan fingerprint density at radius 1 is 1.13 bits per heavy atom. The van der Waals surface area contributed by atoms with Gasteiger partial charge in [-0.15, -0.1) is 0 Å². The first-order valence-corrected chi connectivity index (χ1v) is 11.4. The number of ether oxygens (including phenoxy) is 2. The van der Waals surface area contributed by atoms with Crippen LogP contribution in [0.4, 0.5) is 4.39 Å². The summed E-state index contributed by atoms with van der Waals surface area (Å²) in [5.41, 5.74) is 0.448. The summed E-state index contributed by atoms with van der Waals surface area (Å²) in [5.74, 6) is -0.118. The summed E-state index contributed by atoms with van der Waals surface area (Å²) < 4.78 is 52.0. The molecule has 7 nitrogen and oxygen atoms in total. The van der Waals surface area contributed by atoms with Crippen molar-refractivity contribution in [2.75, 3.05) is 34.4 Å². The highest BCUT2D eigenvalue weighted by Gasteiger charge is 2.35. The largest absolute Gasteiger partial charge is 0.497 e. The van der Waals surface area contributed by atoms with Crippen molar-refractivity contribution in [1.82, 2.24) is 9.21 Å². The lowest BCUT2D eigenvalue weighted by Gasteiger charge is -2.32. The lowest BCUT2D eigenvalue weighted by atomic mass is 9.96. The van der Waals surface area contributed by atoms with Crippen LogP contribution < -0.4 is 9.47 Å². The van der Waals surface area contributed by atoms with E-state index in [0.717, 1.165) is 0 Å². The molecule has 168 valence electrons. The summed E-state index contributed by atoms with van der Waals surface area (Å²) in [6.45, 7) is 0.602. The number of amides is 1. The molecule has 0 N–H and O–H groups in total. The Morgan fingerprint density at radius 2 is 1.81 bits per heavy atom. The van der Waals surface area contributed by atoms with Crippen molar-refractivity contribution in [2.45, 2.75) is 24.3 Å². The fourth-order valence-corrected chi connectivity index (χ4v) is 5.38. The van der Waals surface area contributed by atoms with Crippen LogP contribution in [0.15, 0.2) is 47.4 Å². The maximum Gasteiger partial charge on any atom is 0.246 e. The molecule has 1 heterocycles. The standard InChI is InChI=1S/C22H27FN2O5S/c1-24(15-17-6-4-5-7-19(17)23)22(26)16-10-12-25(13-11-16)31(27,28)21-14-18(29-2)8-9-20(21)30-3/h4-9,14,16H,10-13,15H2,1-3H3. The van der Waals surface area contributed by atoms with Gasteiger partial charge < -0.3 is 14.4 Å². The normalized spacial score (nSPS) is 15.5. The zero-order valence-electron chi connectivity index (χ0n) is 17.9. The molecule has 2 aromatic rings. The van der Waals surface area contributed by atoms with E-state index in [1.807, 2.05) is 0 Å². The fourth-order valence-electron chi connectivity index (χ4n) is 3.74. The number of halogens is 1. The van der Waals surface area contributed by atoms with Crippen molar-refractivity contribution in [3.8, 4) is 11.5 Å². The minimum Gasteiger partial charge on any atom is -0.497 e. The second-order valence-electron chi connectivity index (χ2n) is 7.48. The highest BCUT2D eigenvalue weighted by atomic mass is 32.2. The Labute approximate surface area is 182 Å². The molecule has 0 radical (unpaired) electrons. The highest BCUT2D eigenvalue weighted by molar-refractivity contribution is 7.89. The molecule has 3 rings (SSSR count). The lowest BCUT2D eigenvalue weighted by molar-refractivity contribution is -0.136. The Morgan fingerprint density at radius 3 is 2.42 bits per heavy atom. The van der Waals surface area contributed by atoms with Crippen LogP contribution in [-0.4, -0.2) is 57.9 Å². The van der Waals surface area contributed by atoms with Crippen LogP contribution >= 0.6 is 0 Å². The molecular weight excluding hydrogens is 423 g/mol. The van der Waals surface area contributed by atoms with Gasteiger partial charge >= 0.3 is 0 Å². The third-order valence-electron chi connectivity index (χ3n) is 5.53. The molecule has 0 aliphatic carbocycles. The van der Waals surface area contributed by atoms with Gasteiger partial charge in [-0.05, 0) is 31.0 Å². The van der Waals surface area contributed by atoms with Gasteiger partial charge in [0.2, 0.25) is 15.9 Å². The van der Waals surface area contributed by atoms with E-state index < -0.39 is 10.0 Å². The predicted octanol–water partition coefficient (Wildman–Crippen LogP) is 2.90. The first-order chi connectivity index (χ1) is 14.8. The number of rotatable bonds is 7. The van der Waals surface area contributed by atoms with Gasteiger partial charge in [0.25, 0.3) is 0 Å². The number of sulfonamides is 1. The van der Waals surface area contributed by atoms with Crippen LogP contribution in [0.1, 0.15) is 18.4 Å². The van der Waals surface area contributed by atoms with Gasteiger partial charge in [0.15, 0.2) is 0 Å². The third kappa shape index (κ3) is 4.99. The van der Waals surface area contributed by atoms with Crippen molar-refractivity contribution in [2.24, 2.45) is 5.92 Å². The molecule has 9 heteroatoms. The van der Waals surface area contributed by atoms with E-state index >= 15 is 0 Å². The van der Waals surface area contributed by atoms with Gasteiger partial charge in [-0.2, -0.15) is 4.31 Å². The lowest BCUT2D eigenvalue weighted by Crippen LogP contribution is -2.43. The Balaban J connectivity index is 1.67. The molecule has 0 spiro atoms. The Bertz CT molecular complexity index is 1040. The molecular formula is C22H27FN2O5S. The zero-order valence-corrected chi connectivity index (χ0v) is 18.7. The summed E-state index contributed by atoms with van der Waals surface area (Å²) in [4.78, 5) is 14.4. The Kier molecular flexibility index (Phi) is 7.17. The van der Waals surface area contributed by atoms with Crippen molar-refractivity contribution in [3.05, 3.63) is 53.8 Å². The average Bonchev–Trinajstić information content (AvgIpc) is 2.79. The van der Waals surface area contributed by atoms with E-state index in [1.165, 1.54) is 35.6 Å². The van der Waals surface area contributed by atoms with E-state index in [1.54, 1.807) is 37.4 Å². The molecule has 1 aliphatic heterocycles. The topological polar surface area (TPSA) is 76.1 Å². The maximum atomic E-state index is 13.9. The third-order valence-corrected chi connectivity index (χ3v) is 7.45. The van der Waals surface area contributed by atoms with Crippen LogP contribution in [0, 0.1) is 11.7 Å². The average molecular weight is 451 g/mol. The molecule has 0 saturated carbocycles. The van der Waals surface area contributed by atoms with Crippen LogP contribution in [0.5, 0.6) is 11.5 Å². The molecule has 1 aliphatic rings. The maximum absolute atomic E-state index is 13.9. The number of hydrogen-bond acceptors (Lipinski definition) is 5. The van der Waals surface area contributed by atoms with Crippen LogP contribution in [0.25, 0.3) is 0 Å². The van der Waals surface area contributed by atoms with E-state index in [9.17, 15) is 17.6 Å². The van der Waals surface area contributed by atoms with E-state index in [0.29, 0.717) is 24.2 Å². The van der Waals surface area contributed by atoms with E-state index in [4.69, 9.17) is 9.47 Å². The molecule has 0 bridgehead atoms. The number of carbonyl (C=O) groups excluding carboxylic acids is 1. The summed E-state index contributed by atoms with van der Waals surface area (Å²) >= 11 is 0. The highest BCUT2D eigenvalue weighted by Crippen LogP contribution is 2.33. The SMILES string of the molecule is COc1ccc(OC)c(S(=O)(=O)N2CCC(C(=O)N(C)Cc3ccccc3F)CC2)c1. The van der Waals surface area contributed by atoms with Gasteiger partial charge in [-0.3, -0.25) is 4.79 Å². The van der Waals surface area contributed by atoms with E-state index in [2.05, 4.69) is 0 Å².